The SMILES string of the molecule is CCCCCCCCCCC(CCCCC)n1c(O)c(-c2c(O)n(C(CCCCC)CCCCCCCCCC)c3nc4ccc(F)cc4nc23)c2nc3cc(F)ccc3nc21. The maximum absolute atomic E-state index is 14.8. The first-order chi connectivity index (χ1) is 30.3. The van der Waals surface area contributed by atoms with E-state index in [0.717, 1.165) is 89.9 Å². The van der Waals surface area contributed by atoms with Crippen LogP contribution in [0.2, 0.25) is 0 Å². The third-order valence-electron chi connectivity index (χ3n) is 13.1. The first kappa shape index (κ1) is 47.1. The lowest BCUT2D eigenvalue weighted by molar-refractivity contribution is 0.343. The molecular weight excluding hydrogens is 779 g/mol. The number of unbranched alkanes of at least 4 members (excludes halogenated alkanes) is 18. The maximum Gasteiger partial charge on any atom is 0.203 e. The average molecular weight is 853 g/mol. The molecule has 4 aromatic heterocycles. The summed E-state index contributed by atoms with van der Waals surface area (Å²) in [5.41, 5.74) is 4.12. The summed E-state index contributed by atoms with van der Waals surface area (Å²) in [4.78, 5) is 20.3. The molecule has 10 heteroatoms. The highest BCUT2D eigenvalue weighted by Crippen LogP contribution is 2.50. The molecule has 0 aliphatic heterocycles. The largest absolute Gasteiger partial charge is 0.494 e. The molecule has 338 valence electrons. The van der Waals surface area contributed by atoms with Gasteiger partial charge < -0.3 is 10.2 Å². The zero-order chi connectivity index (χ0) is 43.8. The standard InChI is InChI=1S/C52H74F2N6O2/c1-5-9-13-15-17-19-21-25-29-39(27-23-11-7-3)59-49-47(55-43-35-37(53)31-33-41(43)57-49)45(51(59)61)46-48-50(58-42-34-32-38(54)36-44(42)56-48)60(52(46)62)40(28-24-12-8-4)30-26-22-20-18-16-14-10-6-2/h31-36,39-40,61-62H,5-30H2,1-4H3. The zero-order valence-corrected chi connectivity index (χ0v) is 38.3. The highest BCUT2D eigenvalue weighted by atomic mass is 19.1. The van der Waals surface area contributed by atoms with Gasteiger partial charge in [-0.1, -0.05) is 169 Å². The number of aromatic hydroxyl groups is 2. The van der Waals surface area contributed by atoms with Gasteiger partial charge >= 0.3 is 0 Å². The van der Waals surface area contributed by atoms with Crippen LogP contribution in [-0.2, 0) is 0 Å². The highest BCUT2D eigenvalue weighted by Gasteiger charge is 2.33. The number of aromatic nitrogens is 6. The Morgan fingerprint density at radius 2 is 0.726 bits per heavy atom. The first-order valence-corrected chi connectivity index (χ1v) is 24.7. The van der Waals surface area contributed by atoms with E-state index in [0.29, 0.717) is 55.5 Å². The summed E-state index contributed by atoms with van der Waals surface area (Å²) in [5.74, 6) is -0.952. The number of halogens is 2. The molecule has 8 nitrogen and oxygen atoms in total. The van der Waals surface area contributed by atoms with Crippen LogP contribution in [0, 0.1) is 11.6 Å². The lowest BCUT2D eigenvalue weighted by atomic mass is 10.00. The van der Waals surface area contributed by atoms with E-state index in [1.807, 2.05) is 9.13 Å². The van der Waals surface area contributed by atoms with Gasteiger partial charge in [-0.2, -0.15) is 0 Å². The molecule has 2 unspecified atom stereocenters. The third kappa shape index (κ3) is 11.6. The van der Waals surface area contributed by atoms with Crippen LogP contribution in [0.1, 0.15) is 207 Å². The van der Waals surface area contributed by atoms with Gasteiger partial charge in [-0.05, 0) is 49.9 Å². The van der Waals surface area contributed by atoms with Crippen LogP contribution in [0.25, 0.3) is 55.5 Å². The second-order valence-corrected chi connectivity index (χ2v) is 18.0. The predicted molar refractivity (Wildman–Crippen MR) is 253 cm³/mol. The van der Waals surface area contributed by atoms with E-state index in [1.165, 1.54) is 101 Å². The number of nitrogens with zero attached hydrogens (tertiary/aromatic N) is 6. The van der Waals surface area contributed by atoms with Gasteiger partial charge in [0.1, 0.15) is 22.7 Å². The Kier molecular flexibility index (Phi) is 18.2. The van der Waals surface area contributed by atoms with Gasteiger partial charge in [0.2, 0.25) is 11.8 Å². The Morgan fingerprint density at radius 1 is 0.419 bits per heavy atom. The molecule has 0 fully saturated rings. The fourth-order valence-corrected chi connectivity index (χ4v) is 9.61. The molecule has 0 spiro atoms. The first-order valence-electron chi connectivity index (χ1n) is 24.7. The molecule has 6 aromatic rings. The zero-order valence-electron chi connectivity index (χ0n) is 38.3. The van der Waals surface area contributed by atoms with E-state index in [4.69, 9.17) is 19.9 Å². The van der Waals surface area contributed by atoms with Gasteiger partial charge in [0.15, 0.2) is 11.3 Å². The molecule has 62 heavy (non-hydrogen) atoms. The van der Waals surface area contributed by atoms with Gasteiger partial charge in [-0.25, -0.2) is 28.7 Å². The number of fused-ring (bicyclic) bond motifs is 4. The summed E-state index contributed by atoms with van der Waals surface area (Å²) in [6.07, 6.45) is 28.9. The van der Waals surface area contributed by atoms with Gasteiger partial charge in [0.25, 0.3) is 0 Å². The molecule has 2 aromatic carbocycles. The molecule has 0 aliphatic carbocycles. The smallest absolute Gasteiger partial charge is 0.203 e. The molecule has 0 radical (unpaired) electrons. The van der Waals surface area contributed by atoms with Crippen molar-refractivity contribution in [1.29, 1.82) is 0 Å². The summed E-state index contributed by atoms with van der Waals surface area (Å²) >= 11 is 0. The molecule has 0 aliphatic rings. The van der Waals surface area contributed by atoms with E-state index < -0.39 is 11.6 Å². The van der Waals surface area contributed by atoms with Crippen LogP contribution in [0.3, 0.4) is 0 Å². The molecule has 4 heterocycles. The van der Waals surface area contributed by atoms with E-state index in [1.54, 1.807) is 12.1 Å². The van der Waals surface area contributed by atoms with Crippen molar-refractivity contribution in [2.75, 3.05) is 0 Å². The highest BCUT2D eigenvalue weighted by molar-refractivity contribution is 6.08. The number of hydrogen-bond acceptors (Lipinski definition) is 6. The van der Waals surface area contributed by atoms with E-state index in [9.17, 15) is 19.0 Å². The van der Waals surface area contributed by atoms with E-state index in [2.05, 4.69) is 27.7 Å². The van der Waals surface area contributed by atoms with Crippen molar-refractivity contribution >= 4 is 44.4 Å². The van der Waals surface area contributed by atoms with Crippen molar-refractivity contribution in [2.24, 2.45) is 0 Å². The van der Waals surface area contributed by atoms with Crippen LogP contribution in [0.4, 0.5) is 8.78 Å². The lowest BCUT2D eigenvalue weighted by Gasteiger charge is -2.21. The second-order valence-electron chi connectivity index (χ2n) is 18.0. The molecule has 2 N–H and O–H groups in total. The van der Waals surface area contributed by atoms with E-state index in [-0.39, 0.29) is 23.8 Å². The quantitative estimate of drug-likeness (QED) is 0.0456. The fourth-order valence-electron chi connectivity index (χ4n) is 9.61. The molecule has 2 atom stereocenters. The van der Waals surface area contributed by atoms with Gasteiger partial charge in [-0.3, -0.25) is 9.13 Å². The lowest BCUT2D eigenvalue weighted by Crippen LogP contribution is -2.10. The fraction of sp³-hybridized carbons (Fsp3) is 0.615. The van der Waals surface area contributed by atoms with Crippen LogP contribution < -0.4 is 0 Å². The summed E-state index contributed by atoms with van der Waals surface area (Å²) in [6, 6.07) is 8.63. The molecular formula is C52H74F2N6O2. The minimum Gasteiger partial charge on any atom is -0.494 e. The average Bonchev–Trinajstić information content (AvgIpc) is 3.69. The Morgan fingerprint density at radius 3 is 1.08 bits per heavy atom. The predicted octanol–water partition coefficient (Wildman–Crippen LogP) is 16.1. The Hall–Kier alpha value is -4.34. The molecule has 0 saturated carbocycles. The summed E-state index contributed by atoms with van der Waals surface area (Å²) < 4.78 is 33.5. The van der Waals surface area contributed by atoms with Crippen molar-refractivity contribution < 1.29 is 19.0 Å². The molecule has 0 bridgehead atoms. The Labute approximate surface area is 369 Å². The summed E-state index contributed by atoms with van der Waals surface area (Å²) in [7, 11) is 0. The summed E-state index contributed by atoms with van der Waals surface area (Å²) in [5, 5.41) is 25.6. The maximum atomic E-state index is 14.8. The van der Waals surface area contributed by atoms with Gasteiger partial charge in [-0.15, -0.1) is 0 Å². The van der Waals surface area contributed by atoms with Gasteiger partial charge in [0.05, 0.1) is 33.2 Å². The molecule has 0 saturated heterocycles. The van der Waals surface area contributed by atoms with Crippen LogP contribution in [0.15, 0.2) is 36.4 Å². The van der Waals surface area contributed by atoms with Crippen LogP contribution in [-0.4, -0.2) is 39.3 Å². The third-order valence-corrected chi connectivity index (χ3v) is 13.1. The van der Waals surface area contributed by atoms with Crippen molar-refractivity contribution in [2.45, 2.75) is 207 Å². The number of benzene rings is 2. The second kappa shape index (κ2) is 23.9. The van der Waals surface area contributed by atoms with Crippen LogP contribution >= 0.6 is 0 Å². The molecule has 6 rings (SSSR count). The minimum atomic E-state index is -0.432. The number of rotatable bonds is 29. The molecule has 0 amide bonds. The summed E-state index contributed by atoms with van der Waals surface area (Å²) in [6.45, 7) is 8.89. The Balaban J connectivity index is 1.50. The van der Waals surface area contributed by atoms with Crippen molar-refractivity contribution in [3.8, 4) is 22.9 Å². The van der Waals surface area contributed by atoms with Crippen molar-refractivity contribution in [3.63, 3.8) is 0 Å². The van der Waals surface area contributed by atoms with Crippen molar-refractivity contribution in [1.82, 2.24) is 29.1 Å². The topological polar surface area (TPSA) is 102 Å². The van der Waals surface area contributed by atoms with E-state index >= 15 is 0 Å². The van der Waals surface area contributed by atoms with Crippen LogP contribution in [0.5, 0.6) is 11.8 Å². The number of hydrogen-bond donors (Lipinski definition) is 2. The normalized spacial score (nSPS) is 13.1. The monoisotopic (exact) mass is 853 g/mol. The minimum absolute atomic E-state index is 0.0436. The van der Waals surface area contributed by atoms with Gasteiger partial charge in [0, 0.05) is 24.2 Å². The Bertz CT molecular complexity index is 2160. The van der Waals surface area contributed by atoms with Crippen molar-refractivity contribution in [3.05, 3.63) is 48.0 Å².